The number of pyridine rings is 1. The number of nitrogens with zero attached hydrogens (tertiary/aromatic N) is 3. The van der Waals surface area contributed by atoms with Crippen LogP contribution in [0.5, 0.6) is 0 Å². The van der Waals surface area contributed by atoms with Gasteiger partial charge in [0.1, 0.15) is 0 Å². The number of likely N-dealkylation sites (tertiary alicyclic amines) is 2. The summed E-state index contributed by atoms with van der Waals surface area (Å²) in [7, 11) is 0. The standard InChI is InChI=1S/C40H45ClN4O3/c41-36-16-14-35(15-17-36)40(48)21-27-44(28-22-40)24-8-20-39(33-10-3-1-4-11-33,34-12-5-2-6-13-34)29-31-18-25-45(26-19-31)38(47)43-37(46)32-9-7-23-42-30-32/h1-7,9-17,23,30-31,48H,8,18-22,24-29H2,(H,43,46,47). The lowest BCUT2D eigenvalue weighted by Crippen LogP contribution is -2.47. The number of urea groups is 1. The van der Waals surface area contributed by atoms with E-state index in [4.69, 9.17) is 11.6 Å². The van der Waals surface area contributed by atoms with E-state index < -0.39 is 11.5 Å². The predicted molar refractivity (Wildman–Crippen MR) is 190 cm³/mol. The number of benzene rings is 3. The minimum absolute atomic E-state index is 0.173. The topological polar surface area (TPSA) is 85.8 Å². The third kappa shape index (κ3) is 7.97. The normalized spacial score (nSPS) is 17.2. The van der Waals surface area contributed by atoms with E-state index >= 15 is 0 Å². The summed E-state index contributed by atoms with van der Waals surface area (Å²) >= 11 is 6.10. The van der Waals surface area contributed by atoms with Crippen LogP contribution in [-0.4, -0.2) is 64.6 Å². The van der Waals surface area contributed by atoms with Crippen molar-refractivity contribution in [1.82, 2.24) is 20.1 Å². The van der Waals surface area contributed by atoms with Gasteiger partial charge < -0.3 is 14.9 Å². The van der Waals surface area contributed by atoms with Crippen molar-refractivity contribution in [2.75, 3.05) is 32.7 Å². The molecule has 3 aromatic carbocycles. The van der Waals surface area contributed by atoms with Crippen LogP contribution in [-0.2, 0) is 11.0 Å². The molecular weight excluding hydrogens is 620 g/mol. The SMILES string of the molecule is O=C(NC(=O)N1CCC(CC(CCCN2CCC(O)(c3ccc(Cl)cc3)CC2)(c2ccccc2)c2ccccc2)CC1)c1cccnc1. The van der Waals surface area contributed by atoms with Crippen LogP contribution >= 0.6 is 11.6 Å². The molecule has 250 valence electrons. The zero-order chi connectivity index (χ0) is 33.4. The molecule has 48 heavy (non-hydrogen) atoms. The molecule has 3 heterocycles. The van der Waals surface area contributed by atoms with Crippen LogP contribution in [0.4, 0.5) is 4.79 Å². The molecule has 8 heteroatoms. The summed E-state index contributed by atoms with van der Waals surface area (Å²) in [6.07, 6.45) is 9.26. The maximum Gasteiger partial charge on any atom is 0.324 e. The van der Waals surface area contributed by atoms with Crippen molar-refractivity contribution in [2.45, 2.75) is 56.0 Å². The Hall–Kier alpha value is -4.04. The van der Waals surface area contributed by atoms with Crippen LogP contribution in [0.3, 0.4) is 0 Å². The number of hydrogen-bond donors (Lipinski definition) is 2. The van der Waals surface area contributed by atoms with Crippen LogP contribution in [0, 0.1) is 5.92 Å². The van der Waals surface area contributed by atoms with Gasteiger partial charge >= 0.3 is 6.03 Å². The number of piperidine rings is 2. The lowest BCUT2D eigenvalue weighted by Gasteiger charge is -2.42. The third-order valence-corrected chi connectivity index (χ3v) is 10.7. The third-order valence-electron chi connectivity index (χ3n) is 10.5. The van der Waals surface area contributed by atoms with Gasteiger partial charge in [-0.15, -0.1) is 0 Å². The first-order valence-corrected chi connectivity index (χ1v) is 17.5. The highest BCUT2D eigenvalue weighted by Gasteiger charge is 2.39. The Kier molecular flexibility index (Phi) is 10.9. The molecule has 2 aliphatic heterocycles. The van der Waals surface area contributed by atoms with Gasteiger partial charge in [-0.3, -0.25) is 15.1 Å². The largest absolute Gasteiger partial charge is 0.385 e. The van der Waals surface area contributed by atoms with Gasteiger partial charge in [0.25, 0.3) is 5.91 Å². The number of carbonyl (C=O) groups excluding carboxylic acids is 2. The highest BCUT2D eigenvalue weighted by molar-refractivity contribution is 6.30. The van der Waals surface area contributed by atoms with Gasteiger partial charge in [-0.25, -0.2) is 4.79 Å². The number of rotatable bonds is 10. The van der Waals surface area contributed by atoms with E-state index in [-0.39, 0.29) is 11.4 Å². The van der Waals surface area contributed by atoms with E-state index in [1.54, 1.807) is 23.2 Å². The summed E-state index contributed by atoms with van der Waals surface area (Å²) in [5.41, 5.74) is 2.99. The van der Waals surface area contributed by atoms with E-state index in [0.29, 0.717) is 42.4 Å². The van der Waals surface area contributed by atoms with Gasteiger partial charge in [0.2, 0.25) is 0 Å². The summed E-state index contributed by atoms with van der Waals surface area (Å²) in [5, 5.41) is 14.6. The number of aliphatic hydroxyl groups is 1. The monoisotopic (exact) mass is 664 g/mol. The number of amides is 3. The minimum atomic E-state index is -0.809. The molecular formula is C40H45ClN4O3. The molecule has 2 N–H and O–H groups in total. The maximum atomic E-state index is 13.0. The van der Waals surface area contributed by atoms with Gasteiger partial charge in [0, 0.05) is 49.0 Å². The quantitative estimate of drug-likeness (QED) is 0.184. The van der Waals surface area contributed by atoms with Crippen molar-refractivity contribution in [3.05, 3.63) is 137 Å². The Bertz CT molecular complexity index is 1580. The fourth-order valence-electron chi connectivity index (χ4n) is 7.69. The van der Waals surface area contributed by atoms with Crippen LogP contribution in [0.25, 0.3) is 0 Å². The first-order valence-electron chi connectivity index (χ1n) is 17.2. The Labute approximate surface area is 289 Å². The smallest absolute Gasteiger partial charge is 0.324 e. The molecule has 2 saturated heterocycles. The summed E-state index contributed by atoms with van der Waals surface area (Å²) in [6.45, 7) is 3.91. The molecule has 2 aliphatic rings. The molecule has 1 aromatic heterocycles. The first-order chi connectivity index (χ1) is 23.3. The Morgan fingerprint density at radius 2 is 1.48 bits per heavy atom. The fraction of sp³-hybridized carbons (Fsp3) is 0.375. The van der Waals surface area contributed by atoms with Crippen molar-refractivity contribution in [1.29, 1.82) is 0 Å². The Morgan fingerprint density at radius 3 is 2.06 bits per heavy atom. The summed E-state index contributed by atoms with van der Waals surface area (Å²) in [5.74, 6) is -0.00128. The fourth-order valence-corrected chi connectivity index (χ4v) is 7.81. The molecule has 0 atom stereocenters. The highest BCUT2D eigenvalue weighted by atomic mass is 35.5. The lowest BCUT2D eigenvalue weighted by atomic mass is 9.65. The predicted octanol–water partition coefficient (Wildman–Crippen LogP) is 7.44. The van der Waals surface area contributed by atoms with E-state index in [9.17, 15) is 14.7 Å². The Morgan fingerprint density at radius 1 is 0.854 bits per heavy atom. The van der Waals surface area contributed by atoms with E-state index in [1.807, 2.05) is 24.3 Å². The average Bonchev–Trinajstić information content (AvgIpc) is 3.13. The molecule has 7 nitrogen and oxygen atoms in total. The lowest BCUT2D eigenvalue weighted by molar-refractivity contribution is -0.0263. The van der Waals surface area contributed by atoms with Gasteiger partial charge in [0.15, 0.2) is 0 Å². The van der Waals surface area contributed by atoms with Crippen molar-refractivity contribution < 1.29 is 14.7 Å². The van der Waals surface area contributed by atoms with Crippen molar-refractivity contribution >= 4 is 23.5 Å². The van der Waals surface area contributed by atoms with Crippen LogP contribution < -0.4 is 5.32 Å². The molecule has 0 spiro atoms. The molecule has 6 rings (SSSR count). The molecule has 0 unspecified atom stereocenters. The second-order valence-corrected chi connectivity index (χ2v) is 13.9. The van der Waals surface area contributed by atoms with E-state index in [0.717, 1.165) is 57.3 Å². The molecule has 0 aliphatic carbocycles. The van der Waals surface area contributed by atoms with Gasteiger partial charge in [-0.1, -0.05) is 84.4 Å². The number of hydrogen-bond acceptors (Lipinski definition) is 5. The number of carbonyl (C=O) groups is 2. The first kappa shape index (κ1) is 33.8. The van der Waals surface area contributed by atoms with E-state index in [2.05, 4.69) is 75.9 Å². The molecule has 0 bridgehead atoms. The van der Waals surface area contributed by atoms with Crippen LogP contribution in [0.1, 0.15) is 72.0 Å². The number of aromatic nitrogens is 1. The highest BCUT2D eigenvalue weighted by Crippen LogP contribution is 2.44. The minimum Gasteiger partial charge on any atom is -0.385 e. The number of nitrogens with one attached hydrogen (secondary N) is 1. The molecule has 3 amide bonds. The number of halogens is 1. The summed E-state index contributed by atoms with van der Waals surface area (Å²) in [4.78, 5) is 33.8. The van der Waals surface area contributed by atoms with Gasteiger partial charge in [-0.2, -0.15) is 0 Å². The zero-order valence-corrected chi connectivity index (χ0v) is 28.2. The second kappa shape index (κ2) is 15.5. The zero-order valence-electron chi connectivity index (χ0n) is 27.4. The number of imide groups is 1. The Balaban J connectivity index is 1.12. The van der Waals surface area contributed by atoms with Crippen molar-refractivity contribution in [3.63, 3.8) is 0 Å². The van der Waals surface area contributed by atoms with Crippen LogP contribution in [0.15, 0.2) is 109 Å². The molecule has 4 aromatic rings. The van der Waals surface area contributed by atoms with Gasteiger partial charge in [-0.05, 0) is 98.4 Å². The summed E-state index contributed by atoms with van der Waals surface area (Å²) < 4.78 is 0. The van der Waals surface area contributed by atoms with Crippen LogP contribution in [0.2, 0.25) is 5.02 Å². The molecule has 2 fully saturated rings. The maximum absolute atomic E-state index is 13.0. The van der Waals surface area contributed by atoms with Crippen molar-refractivity contribution in [3.8, 4) is 0 Å². The summed E-state index contributed by atoms with van der Waals surface area (Å²) in [6, 6.07) is 32.4. The second-order valence-electron chi connectivity index (χ2n) is 13.4. The van der Waals surface area contributed by atoms with E-state index in [1.165, 1.54) is 17.3 Å². The van der Waals surface area contributed by atoms with Gasteiger partial charge in [0.05, 0.1) is 11.2 Å². The van der Waals surface area contributed by atoms with Crippen molar-refractivity contribution in [2.24, 2.45) is 5.92 Å². The average molecular weight is 665 g/mol. The molecule has 0 radical (unpaired) electrons. The molecule has 0 saturated carbocycles.